The second-order valence-electron chi connectivity index (χ2n) is 7.57. The third-order valence-corrected chi connectivity index (χ3v) is 5.38. The van der Waals surface area contributed by atoms with Gasteiger partial charge in [-0.15, -0.1) is 0 Å². The van der Waals surface area contributed by atoms with Crippen molar-refractivity contribution in [2.75, 3.05) is 11.9 Å². The van der Waals surface area contributed by atoms with Crippen LogP contribution in [0.15, 0.2) is 67.0 Å². The van der Waals surface area contributed by atoms with Crippen molar-refractivity contribution in [1.29, 1.82) is 0 Å². The highest BCUT2D eigenvalue weighted by Gasteiger charge is 2.27. The number of hydrogen-bond acceptors (Lipinski definition) is 6. The van der Waals surface area contributed by atoms with E-state index in [2.05, 4.69) is 20.6 Å². The predicted octanol–water partition coefficient (Wildman–Crippen LogP) is 2.68. The number of nitrogens with zero attached hydrogens (tertiary/aromatic N) is 3. The second kappa shape index (κ2) is 8.62. The molecule has 0 spiro atoms. The Kier molecular flexibility index (Phi) is 5.35. The van der Waals surface area contributed by atoms with E-state index in [1.807, 2.05) is 35.9 Å². The number of pyridine rings is 1. The molecule has 5 rings (SSSR count). The number of rotatable bonds is 5. The number of amides is 2. The quantitative estimate of drug-likeness (QED) is 0.491. The van der Waals surface area contributed by atoms with Gasteiger partial charge in [0.25, 0.3) is 11.8 Å². The summed E-state index contributed by atoms with van der Waals surface area (Å²) >= 11 is 0. The number of hydrogen-bond donors (Lipinski definition) is 2. The topological polar surface area (TPSA) is 107 Å². The number of para-hydroxylation sites is 2. The van der Waals surface area contributed by atoms with Crippen molar-refractivity contribution < 1.29 is 19.1 Å². The molecular formula is C24H21N5O4. The van der Waals surface area contributed by atoms with Crippen molar-refractivity contribution in [3.05, 3.63) is 78.4 Å². The maximum atomic E-state index is 12.6. The highest BCUT2D eigenvalue weighted by atomic mass is 16.6. The molecule has 3 heterocycles. The van der Waals surface area contributed by atoms with Crippen LogP contribution < -0.4 is 20.1 Å². The number of ether oxygens (including phenoxy) is 2. The highest BCUT2D eigenvalue weighted by molar-refractivity contribution is 6.04. The Labute approximate surface area is 189 Å². The summed E-state index contributed by atoms with van der Waals surface area (Å²) in [6, 6.07) is 16.1. The molecule has 166 valence electrons. The number of fused-ring (bicyclic) bond motifs is 2. The third-order valence-electron chi connectivity index (χ3n) is 5.38. The van der Waals surface area contributed by atoms with Crippen molar-refractivity contribution in [2.45, 2.75) is 12.6 Å². The molecule has 0 bridgehead atoms. The minimum absolute atomic E-state index is 0.144. The molecule has 2 amide bonds. The third kappa shape index (κ3) is 4.20. The maximum absolute atomic E-state index is 12.6. The minimum atomic E-state index is -0.733. The Bertz CT molecular complexity index is 1340. The van der Waals surface area contributed by atoms with E-state index in [-0.39, 0.29) is 25.0 Å². The van der Waals surface area contributed by atoms with Gasteiger partial charge < -0.3 is 24.7 Å². The number of imidazole rings is 1. The summed E-state index contributed by atoms with van der Waals surface area (Å²) in [5, 5.41) is 5.72. The van der Waals surface area contributed by atoms with Gasteiger partial charge in [0.2, 0.25) is 6.10 Å². The van der Waals surface area contributed by atoms with E-state index in [1.54, 1.807) is 36.5 Å². The van der Waals surface area contributed by atoms with E-state index in [9.17, 15) is 9.59 Å². The molecule has 2 N–H and O–H groups in total. The molecule has 0 radical (unpaired) electrons. The molecule has 0 fully saturated rings. The van der Waals surface area contributed by atoms with Gasteiger partial charge in [-0.1, -0.05) is 12.1 Å². The molecule has 0 aliphatic carbocycles. The molecule has 33 heavy (non-hydrogen) atoms. The molecule has 4 aromatic rings. The standard InChI is InChI=1S/C24H21N5O4/c1-29-18-9-8-16(27-23(30)15-5-4-10-25-12-15)11-17(18)28-22(29)13-26-24(31)21-14-32-19-6-2-3-7-20(19)33-21/h2-12,21H,13-14H2,1H3,(H,26,31)(H,27,30)/t21-/m1/s1. The number of carbonyl (C=O) groups is 2. The fraction of sp³-hybridized carbons (Fsp3) is 0.167. The Morgan fingerprint density at radius 2 is 1.97 bits per heavy atom. The van der Waals surface area contributed by atoms with Crippen molar-refractivity contribution in [1.82, 2.24) is 19.9 Å². The van der Waals surface area contributed by atoms with Crippen molar-refractivity contribution in [3.63, 3.8) is 0 Å². The van der Waals surface area contributed by atoms with Crippen LogP contribution in [0, 0.1) is 0 Å². The first-order valence-corrected chi connectivity index (χ1v) is 10.4. The van der Waals surface area contributed by atoms with E-state index in [0.717, 1.165) is 5.52 Å². The number of benzene rings is 2. The van der Waals surface area contributed by atoms with Gasteiger partial charge in [-0.3, -0.25) is 14.6 Å². The zero-order valence-corrected chi connectivity index (χ0v) is 17.8. The minimum Gasteiger partial charge on any atom is -0.485 e. The summed E-state index contributed by atoms with van der Waals surface area (Å²) < 4.78 is 13.3. The number of aromatic nitrogens is 3. The molecule has 2 aromatic carbocycles. The van der Waals surface area contributed by atoms with Crippen molar-refractivity contribution in [3.8, 4) is 11.5 Å². The summed E-state index contributed by atoms with van der Waals surface area (Å²) in [7, 11) is 1.88. The first kappa shape index (κ1) is 20.5. The largest absolute Gasteiger partial charge is 0.485 e. The summed E-state index contributed by atoms with van der Waals surface area (Å²) in [5.74, 6) is 1.32. The van der Waals surface area contributed by atoms with Crippen LogP contribution in [0.25, 0.3) is 11.0 Å². The smallest absolute Gasteiger partial charge is 0.265 e. The maximum Gasteiger partial charge on any atom is 0.265 e. The van der Waals surface area contributed by atoms with Gasteiger partial charge in [0, 0.05) is 25.1 Å². The first-order valence-electron chi connectivity index (χ1n) is 10.4. The summed E-state index contributed by atoms with van der Waals surface area (Å²) in [6.45, 7) is 0.369. The molecule has 9 heteroatoms. The fourth-order valence-corrected chi connectivity index (χ4v) is 3.61. The SMILES string of the molecule is Cn1c(CNC(=O)[C@H]2COc3ccccc3O2)nc2cc(NC(=O)c3cccnc3)ccc21. The lowest BCUT2D eigenvalue weighted by molar-refractivity contribution is -0.130. The summed E-state index contributed by atoms with van der Waals surface area (Å²) in [6.07, 6.45) is 2.39. The number of nitrogens with one attached hydrogen (secondary N) is 2. The van der Waals surface area contributed by atoms with Gasteiger partial charge in [0.05, 0.1) is 23.1 Å². The van der Waals surface area contributed by atoms with Crippen LogP contribution in [-0.4, -0.2) is 39.1 Å². The average molecular weight is 443 g/mol. The molecule has 9 nitrogen and oxygen atoms in total. The Balaban J connectivity index is 1.26. The number of carbonyl (C=O) groups excluding carboxylic acids is 2. The zero-order chi connectivity index (χ0) is 22.8. The fourth-order valence-electron chi connectivity index (χ4n) is 3.61. The van der Waals surface area contributed by atoms with E-state index in [0.29, 0.717) is 34.1 Å². The van der Waals surface area contributed by atoms with E-state index < -0.39 is 6.10 Å². The van der Waals surface area contributed by atoms with Gasteiger partial charge in [-0.05, 0) is 42.5 Å². The van der Waals surface area contributed by atoms with Crippen LogP contribution in [0.4, 0.5) is 5.69 Å². The van der Waals surface area contributed by atoms with Crippen LogP contribution in [0.3, 0.4) is 0 Å². The summed E-state index contributed by atoms with van der Waals surface area (Å²) in [4.78, 5) is 33.6. The highest BCUT2D eigenvalue weighted by Crippen LogP contribution is 2.30. The Hall–Kier alpha value is -4.40. The molecule has 0 unspecified atom stereocenters. The Morgan fingerprint density at radius 1 is 1.12 bits per heavy atom. The molecule has 1 atom stereocenters. The predicted molar refractivity (Wildman–Crippen MR) is 121 cm³/mol. The van der Waals surface area contributed by atoms with E-state index in [1.165, 1.54) is 6.20 Å². The lowest BCUT2D eigenvalue weighted by atomic mass is 10.2. The van der Waals surface area contributed by atoms with Crippen LogP contribution in [0.2, 0.25) is 0 Å². The first-order chi connectivity index (χ1) is 16.1. The van der Waals surface area contributed by atoms with Crippen molar-refractivity contribution in [2.24, 2.45) is 7.05 Å². The van der Waals surface area contributed by atoms with Gasteiger partial charge >= 0.3 is 0 Å². The zero-order valence-electron chi connectivity index (χ0n) is 17.8. The number of aryl methyl sites for hydroxylation is 1. The molecule has 2 aromatic heterocycles. The molecule has 1 aliphatic rings. The van der Waals surface area contributed by atoms with Crippen LogP contribution in [-0.2, 0) is 18.4 Å². The van der Waals surface area contributed by atoms with Crippen LogP contribution in [0.1, 0.15) is 16.2 Å². The Morgan fingerprint density at radius 3 is 2.79 bits per heavy atom. The van der Waals surface area contributed by atoms with Gasteiger partial charge in [0.15, 0.2) is 11.5 Å². The van der Waals surface area contributed by atoms with Gasteiger partial charge in [-0.25, -0.2) is 4.98 Å². The van der Waals surface area contributed by atoms with Gasteiger partial charge in [-0.2, -0.15) is 0 Å². The molecule has 1 aliphatic heterocycles. The van der Waals surface area contributed by atoms with Crippen LogP contribution in [0.5, 0.6) is 11.5 Å². The lowest BCUT2D eigenvalue weighted by Gasteiger charge is -2.25. The molecule has 0 saturated heterocycles. The van der Waals surface area contributed by atoms with Gasteiger partial charge in [0.1, 0.15) is 12.4 Å². The number of anilines is 1. The normalized spacial score (nSPS) is 14.6. The second-order valence-corrected chi connectivity index (χ2v) is 7.57. The lowest BCUT2D eigenvalue weighted by Crippen LogP contribution is -2.43. The van der Waals surface area contributed by atoms with Crippen molar-refractivity contribution >= 4 is 28.5 Å². The molecular weight excluding hydrogens is 422 g/mol. The summed E-state index contributed by atoms with van der Waals surface area (Å²) in [5.41, 5.74) is 2.68. The molecule has 0 saturated carbocycles. The van der Waals surface area contributed by atoms with E-state index in [4.69, 9.17) is 9.47 Å². The van der Waals surface area contributed by atoms with E-state index >= 15 is 0 Å². The van der Waals surface area contributed by atoms with Crippen LogP contribution >= 0.6 is 0 Å². The monoisotopic (exact) mass is 443 g/mol. The average Bonchev–Trinajstić information content (AvgIpc) is 3.17.